The molecule has 1 N–H and O–H groups in total. The van der Waals surface area contributed by atoms with Crippen molar-refractivity contribution in [1.29, 1.82) is 0 Å². The average Bonchev–Trinajstić information content (AvgIpc) is 2.67. The van der Waals surface area contributed by atoms with Gasteiger partial charge in [-0.25, -0.2) is 4.79 Å². The van der Waals surface area contributed by atoms with E-state index in [9.17, 15) is 4.79 Å². The first kappa shape index (κ1) is 12.7. The maximum atomic E-state index is 11.3. The Morgan fingerprint density at radius 3 is 2.72 bits per heavy atom. The van der Waals surface area contributed by atoms with Crippen molar-refractivity contribution >= 4 is 12.2 Å². The molecule has 2 atom stereocenters. The predicted molar refractivity (Wildman–Crippen MR) is 72.1 cm³/mol. The minimum Gasteiger partial charge on any atom is -0.440 e. The molecule has 1 aliphatic rings. The van der Waals surface area contributed by atoms with Crippen LogP contribution in [0.5, 0.6) is 0 Å². The van der Waals surface area contributed by atoms with E-state index in [4.69, 9.17) is 4.74 Å². The number of carbonyl (C=O) groups is 1. The molecule has 1 amide bonds. The number of benzene rings is 1. The largest absolute Gasteiger partial charge is 0.440 e. The third-order valence-electron chi connectivity index (χ3n) is 2.95. The van der Waals surface area contributed by atoms with Crippen molar-refractivity contribution < 1.29 is 9.53 Å². The van der Waals surface area contributed by atoms with Crippen LogP contribution in [0, 0.1) is 5.92 Å². The van der Waals surface area contributed by atoms with Gasteiger partial charge in [-0.3, -0.25) is 0 Å². The summed E-state index contributed by atoms with van der Waals surface area (Å²) in [4.78, 5) is 11.3. The number of hydrogen-bond acceptors (Lipinski definition) is 2. The first-order valence-corrected chi connectivity index (χ1v) is 6.35. The Morgan fingerprint density at radius 1 is 1.33 bits per heavy atom. The number of carbonyl (C=O) groups excluding carboxylic acids is 1. The minimum absolute atomic E-state index is 0.0810. The van der Waals surface area contributed by atoms with E-state index in [2.05, 4.69) is 19.2 Å². The van der Waals surface area contributed by atoms with Gasteiger partial charge in [-0.2, -0.15) is 0 Å². The number of cyclic esters (lactones) is 1. The van der Waals surface area contributed by atoms with Gasteiger partial charge in [-0.15, -0.1) is 0 Å². The van der Waals surface area contributed by atoms with E-state index in [0.29, 0.717) is 5.92 Å². The van der Waals surface area contributed by atoms with Crippen molar-refractivity contribution in [1.82, 2.24) is 5.32 Å². The molecule has 0 saturated carbocycles. The summed E-state index contributed by atoms with van der Waals surface area (Å²) in [5, 5.41) is 2.86. The Morgan fingerprint density at radius 2 is 2.06 bits per heavy atom. The third-order valence-corrected chi connectivity index (χ3v) is 2.95. The molecule has 1 saturated heterocycles. The van der Waals surface area contributed by atoms with Crippen LogP contribution in [0.2, 0.25) is 0 Å². The fraction of sp³-hybridized carbons (Fsp3) is 0.400. The monoisotopic (exact) mass is 245 g/mol. The van der Waals surface area contributed by atoms with Crippen LogP contribution < -0.4 is 5.32 Å². The molecule has 0 unspecified atom stereocenters. The highest BCUT2D eigenvalue weighted by Crippen LogP contribution is 2.18. The van der Waals surface area contributed by atoms with Gasteiger partial charge in [0, 0.05) is 0 Å². The number of alkyl carbamates (subject to hydrolysis) is 1. The van der Waals surface area contributed by atoms with Crippen LogP contribution in [0.3, 0.4) is 0 Å². The molecule has 96 valence electrons. The van der Waals surface area contributed by atoms with Gasteiger partial charge >= 0.3 is 6.09 Å². The molecule has 3 heteroatoms. The van der Waals surface area contributed by atoms with E-state index in [1.807, 2.05) is 42.5 Å². The van der Waals surface area contributed by atoms with Crippen molar-refractivity contribution in [2.24, 2.45) is 5.92 Å². The zero-order valence-corrected chi connectivity index (χ0v) is 10.8. The molecule has 18 heavy (non-hydrogen) atoms. The Balaban J connectivity index is 2.02. The van der Waals surface area contributed by atoms with E-state index in [-0.39, 0.29) is 18.2 Å². The molecule has 0 aromatic heterocycles. The van der Waals surface area contributed by atoms with Crippen LogP contribution in [0.4, 0.5) is 4.79 Å². The molecule has 3 nitrogen and oxygen atoms in total. The Kier molecular flexibility index (Phi) is 4.03. The van der Waals surface area contributed by atoms with Crippen molar-refractivity contribution in [2.75, 3.05) is 0 Å². The molecule has 0 spiro atoms. The van der Waals surface area contributed by atoms with E-state index in [0.717, 1.165) is 12.0 Å². The fourth-order valence-electron chi connectivity index (χ4n) is 2.12. The summed E-state index contributed by atoms with van der Waals surface area (Å²) >= 11 is 0. The van der Waals surface area contributed by atoms with Crippen molar-refractivity contribution in [3.8, 4) is 0 Å². The number of ether oxygens (including phenoxy) is 1. The summed E-state index contributed by atoms with van der Waals surface area (Å²) in [5.74, 6) is 0.532. The van der Waals surface area contributed by atoms with Gasteiger partial charge in [0.1, 0.15) is 6.10 Å². The summed E-state index contributed by atoms with van der Waals surface area (Å²) in [6.07, 6.45) is 4.40. The van der Waals surface area contributed by atoms with Crippen molar-refractivity contribution in [3.05, 3.63) is 42.0 Å². The average molecular weight is 245 g/mol. The summed E-state index contributed by atoms with van der Waals surface area (Å²) in [7, 11) is 0. The van der Waals surface area contributed by atoms with E-state index >= 15 is 0 Å². The van der Waals surface area contributed by atoms with Gasteiger partial charge in [0.2, 0.25) is 0 Å². The zero-order chi connectivity index (χ0) is 13.0. The van der Waals surface area contributed by atoms with E-state index in [1.54, 1.807) is 0 Å². The van der Waals surface area contributed by atoms with Crippen LogP contribution >= 0.6 is 0 Å². The number of amides is 1. The SMILES string of the molecule is CC(C)C[C@H]1NC(=O)O[C@@H]1/C=C/c1ccccc1. The lowest BCUT2D eigenvalue weighted by Gasteiger charge is -2.15. The smallest absolute Gasteiger partial charge is 0.408 e. The summed E-state index contributed by atoms with van der Waals surface area (Å²) < 4.78 is 5.26. The quantitative estimate of drug-likeness (QED) is 0.884. The molecule has 2 rings (SSSR count). The highest BCUT2D eigenvalue weighted by atomic mass is 16.6. The van der Waals surface area contributed by atoms with Crippen molar-refractivity contribution in [3.63, 3.8) is 0 Å². The van der Waals surface area contributed by atoms with Crippen LogP contribution in [0.25, 0.3) is 6.08 Å². The normalized spacial score (nSPS) is 23.4. The molecule has 1 fully saturated rings. The molecular formula is C15H19NO2. The fourth-order valence-corrected chi connectivity index (χ4v) is 2.12. The number of nitrogens with one attached hydrogen (secondary N) is 1. The minimum atomic E-state index is -0.316. The standard InChI is InChI=1S/C15H19NO2/c1-11(2)10-13-14(18-15(17)16-13)9-8-12-6-4-3-5-7-12/h3-9,11,13-14H,10H2,1-2H3,(H,16,17)/b9-8+/t13-,14-/m1/s1. The second-order valence-electron chi connectivity index (χ2n) is 5.02. The van der Waals surface area contributed by atoms with Crippen LogP contribution in [-0.2, 0) is 4.74 Å². The van der Waals surface area contributed by atoms with Crippen LogP contribution in [0.1, 0.15) is 25.8 Å². The number of hydrogen-bond donors (Lipinski definition) is 1. The topological polar surface area (TPSA) is 38.3 Å². The van der Waals surface area contributed by atoms with Gasteiger partial charge in [0.05, 0.1) is 6.04 Å². The van der Waals surface area contributed by atoms with Gasteiger partial charge in [0.25, 0.3) is 0 Å². The highest BCUT2D eigenvalue weighted by molar-refractivity contribution is 5.71. The number of rotatable bonds is 4. The maximum absolute atomic E-state index is 11.3. The van der Waals surface area contributed by atoms with Crippen LogP contribution in [0.15, 0.2) is 36.4 Å². The first-order valence-electron chi connectivity index (χ1n) is 6.35. The second kappa shape index (κ2) is 5.71. The molecule has 1 aromatic carbocycles. The Bertz CT molecular complexity index is 425. The van der Waals surface area contributed by atoms with E-state index < -0.39 is 0 Å². The Hall–Kier alpha value is -1.77. The highest BCUT2D eigenvalue weighted by Gasteiger charge is 2.32. The van der Waals surface area contributed by atoms with Gasteiger partial charge in [0.15, 0.2) is 0 Å². The lowest BCUT2D eigenvalue weighted by Crippen LogP contribution is -2.31. The van der Waals surface area contributed by atoms with Gasteiger partial charge in [-0.1, -0.05) is 50.3 Å². The second-order valence-corrected chi connectivity index (χ2v) is 5.02. The molecule has 0 radical (unpaired) electrons. The molecular weight excluding hydrogens is 226 g/mol. The molecule has 0 bridgehead atoms. The third kappa shape index (κ3) is 3.36. The molecule has 0 aliphatic carbocycles. The molecule has 1 aliphatic heterocycles. The van der Waals surface area contributed by atoms with E-state index in [1.165, 1.54) is 0 Å². The zero-order valence-electron chi connectivity index (χ0n) is 10.8. The maximum Gasteiger partial charge on any atom is 0.408 e. The predicted octanol–water partition coefficient (Wildman–Crippen LogP) is 3.22. The van der Waals surface area contributed by atoms with Gasteiger partial charge in [-0.05, 0) is 24.0 Å². The van der Waals surface area contributed by atoms with Crippen molar-refractivity contribution in [2.45, 2.75) is 32.4 Å². The lowest BCUT2D eigenvalue weighted by molar-refractivity contribution is 0.151. The Labute approximate surface area is 108 Å². The lowest BCUT2D eigenvalue weighted by atomic mass is 9.99. The molecule has 1 heterocycles. The van der Waals surface area contributed by atoms with Crippen LogP contribution in [-0.4, -0.2) is 18.2 Å². The summed E-state index contributed by atoms with van der Waals surface area (Å²) in [6.45, 7) is 4.28. The first-order chi connectivity index (χ1) is 8.65. The molecule has 1 aromatic rings. The summed E-state index contributed by atoms with van der Waals surface area (Å²) in [5.41, 5.74) is 1.11. The van der Waals surface area contributed by atoms with Gasteiger partial charge < -0.3 is 10.1 Å². The summed E-state index contributed by atoms with van der Waals surface area (Å²) in [6, 6.07) is 10.1.